The van der Waals surface area contributed by atoms with Crippen LogP contribution in [0, 0.1) is 0 Å². The number of esters is 1. The molecule has 370 valence electrons. The molecule has 0 heterocycles. The van der Waals surface area contributed by atoms with Crippen molar-refractivity contribution in [2.45, 2.75) is 277 Å². The molecule has 0 aliphatic rings. The molecule has 1 amide bonds. The fourth-order valence-corrected chi connectivity index (χ4v) is 7.93. The molecular weight excluding hydrogens is 791 g/mol. The number of hydrogen-bond acceptors (Lipinski definition) is 5. The van der Waals surface area contributed by atoms with Crippen LogP contribution in [0.5, 0.6) is 0 Å². The predicted octanol–water partition coefficient (Wildman–Crippen LogP) is 16.6. The van der Waals surface area contributed by atoms with E-state index in [0.29, 0.717) is 19.3 Å². The lowest BCUT2D eigenvalue weighted by molar-refractivity contribution is -0.151. The zero-order valence-electron chi connectivity index (χ0n) is 42.1. The Morgan fingerprint density at radius 1 is 0.469 bits per heavy atom. The van der Waals surface area contributed by atoms with Crippen molar-refractivity contribution >= 4 is 11.9 Å². The fourth-order valence-electron chi connectivity index (χ4n) is 7.93. The van der Waals surface area contributed by atoms with E-state index in [9.17, 15) is 19.8 Å². The number of hydrogen-bond donors (Lipinski definition) is 3. The Morgan fingerprint density at radius 3 is 1.33 bits per heavy atom. The third kappa shape index (κ3) is 45.9. The van der Waals surface area contributed by atoms with Gasteiger partial charge in [-0.25, -0.2) is 0 Å². The smallest absolute Gasteiger partial charge is 0.306 e. The van der Waals surface area contributed by atoms with Crippen LogP contribution in [0.3, 0.4) is 0 Å². The first-order chi connectivity index (χ1) is 31.5. The summed E-state index contributed by atoms with van der Waals surface area (Å²) < 4.78 is 5.92. The van der Waals surface area contributed by atoms with E-state index in [1.54, 1.807) is 0 Å². The topological polar surface area (TPSA) is 95.9 Å². The van der Waals surface area contributed by atoms with Gasteiger partial charge in [0, 0.05) is 6.42 Å². The van der Waals surface area contributed by atoms with Gasteiger partial charge in [-0.1, -0.05) is 229 Å². The Labute approximate surface area is 396 Å². The number of carbonyl (C=O) groups excluding carboxylic acids is 2. The highest BCUT2D eigenvalue weighted by Gasteiger charge is 2.24. The van der Waals surface area contributed by atoms with Gasteiger partial charge in [0.05, 0.1) is 25.2 Å². The Balaban J connectivity index is 4.68. The van der Waals surface area contributed by atoms with Crippen molar-refractivity contribution in [3.63, 3.8) is 0 Å². The Kier molecular flexibility index (Phi) is 49.1. The standard InChI is InChI=1S/C58H103NO5/c1-4-7-10-13-16-19-22-24-26-28-30-32-35-37-40-43-46-49-54(52-57(62)59-55(53-60)56(61)50-47-44-41-38-34-21-18-15-12-9-6-3)64-58(63)51-48-45-42-39-36-33-31-29-27-25-23-20-17-14-11-8-5-2/h7,10,16,19,24-27,30,32,37,40,54-56,60-61H,4-6,8-9,11-15,17-18,20-23,28-29,31,33-36,38-39,41-53H2,1-3H3,(H,59,62)/b10-7-,19-16-,26-24-,27-25+,32-30-,40-37-. The van der Waals surface area contributed by atoms with Gasteiger partial charge in [-0.2, -0.15) is 0 Å². The zero-order chi connectivity index (χ0) is 46.7. The van der Waals surface area contributed by atoms with E-state index in [2.05, 4.69) is 99.0 Å². The maximum absolute atomic E-state index is 13.2. The fraction of sp³-hybridized carbons (Fsp3) is 0.759. The summed E-state index contributed by atoms with van der Waals surface area (Å²) in [6.45, 7) is 6.35. The van der Waals surface area contributed by atoms with Gasteiger partial charge < -0.3 is 20.3 Å². The van der Waals surface area contributed by atoms with Gasteiger partial charge in [-0.15, -0.1) is 0 Å². The van der Waals surface area contributed by atoms with Crippen LogP contribution in [0.15, 0.2) is 72.9 Å². The summed E-state index contributed by atoms with van der Waals surface area (Å²) in [5, 5.41) is 23.8. The van der Waals surface area contributed by atoms with Crippen LogP contribution in [0.2, 0.25) is 0 Å². The summed E-state index contributed by atoms with van der Waals surface area (Å²) >= 11 is 0. The molecular formula is C58H103NO5. The number of unbranched alkanes of at least 4 members (excludes halogenated alkanes) is 24. The highest BCUT2D eigenvalue weighted by molar-refractivity contribution is 5.77. The van der Waals surface area contributed by atoms with Crippen LogP contribution in [0.25, 0.3) is 0 Å². The van der Waals surface area contributed by atoms with Gasteiger partial charge in [-0.3, -0.25) is 9.59 Å². The van der Waals surface area contributed by atoms with Crippen molar-refractivity contribution < 1.29 is 24.5 Å². The number of nitrogens with one attached hydrogen (secondary N) is 1. The maximum Gasteiger partial charge on any atom is 0.306 e. The third-order valence-electron chi connectivity index (χ3n) is 12.0. The number of amides is 1. The molecule has 0 bridgehead atoms. The van der Waals surface area contributed by atoms with Crippen LogP contribution in [0.1, 0.15) is 258 Å². The van der Waals surface area contributed by atoms with Gasteiger partial charge >= 0.3 is 5.97 Å². The molecule has 0 aromatic rings. The van der Waals surface area contributed by atoms with Crippen LogP contribution in [-0.4, -0.2) is 46.9 Å². The quantitative estimate of drug-likeness (QED) is 0.0321. The van der Waals surface area contributed by atoms with Crippen molar-refractivity contribution in [3.8, 4) is 0 Å². The van der Waals surface area contributed by atoms with Crippen LogP contribution in [0.4, 0.5) is 0 Å². The molecule has 0 fully saturated rings. The van der Waals surface area contributed by atoms with Gasteiger partial charge in [0.1, 0.15) is 6.10 Å². The first-order valence-corrected chi connectivity index (χ1v) is 27.2. The van der Waals surface area contributed by atoms with Gasteiger partial charge in [0.2, 0.25) is 5.91 Å². The molecule has 0 saturated carbocycles. The number of carbonyl (C=O) groups is 2. The van der Waals surface area contributed by atoms with Crippen LogP contribution < -0.4 is 5.32 Å². The van der Waals surface area contributed by atoms with Gasteiger partial charge in [0.25, 0.3) is 0 Å². The van der Waals surface area contributed by atoms with E-state index in [1.807, 2.05) is 0 Å². The lowest BCUT2D eigenvalue weighted by Crippen LogP contribution is -2.46. The maximum atomic E-state index is 13.2. The molecule has 0 aromatic heterocycles. The summed E-state index contributed by atoms with van der Waals surface area (Å²) in [7, 11) is 0. The summed E-state index contributed by atoms with van der Waals surface area (Å²) in [6, 6.07) is -0.723. The van der Waals surface area contributed by atoms with Crippen molar-refractivity contribution in [1.82, 2.24) is 5.32 Å². The Hall–Kier alpha value is -2.70. The van der Waals surface area contributed by atoms with Crippen molar-refractivity contribution in [2.24, 2.45) is 0 Å². The van der Waals surface area contributed by atoms with E-state index in [0.717, 1.165) is 83.5 Å². The van der Waals surface area contributed by atoms with Crippen molar-refractivity contribution in [2.75, 3.05) is 6.61 Å². The average Bonchev–Trinajstić information content (AvgIpc) is 3.29. The summed E-state index contributed by atoms with van der Waals surface area (Å²) in [5.41, 5.74) is 0. The third-order valence-corrected chi connectivity index (χ3v) is 12.0. The summed E-state index contributed by atoms with van der Waals surface area (Å²) in [4.78, 5) is 26.2. The first kappa shape index (κ1) is 61.3. The molecule has 6 heteroatoms. The molecule has 0 aliphatic heterocycles. The molecule has 0 rings (SSSR count). The van der Waals surface area contributed by atoms with E-state index in [1.165, 1.54) is 128 Å². The normalized spacial score (nSPS) is 13.8. The average molecular weight is 894 g/mol. The molecule has 3 N–H and O–H groups in total. The molecule has 0 spiro atoms. The second-order valence-electron chi connectivity index (χ2n) is 18.2. The molecule has 0 aliphatic carbocycles. The number of allylic oxidation sites excluding steroid dienone is 12. The van der Waals surface area contributed by atoms with Crippen molar-refractivity contribution in [3.05, 3.63) is 72.9 Å². The summed E-state index contributed by atoms with van der Waals surface area (Å²) in [5.74, 6) is -0.534. The number of aliphatic hydroxyl groups is 2. The highest BCUT2D eigenvalue weighted by Crippen LogP contribution is 2.17. The lowest BCUT2D eigenvalue weighted by atomic mass is 10.0. The second-order valence-corrected chi connectivity index (χ2v) is 18.2. The van der Waals surface area contributed by atoms with Gasteiger partial charge in [0.15, 0.2) is 0 Å². The Bertz CT molecular complexity index is 1190. The van der Waals surface area contributed by atoms with Crippen molar-refractivity contribution in [1.29, 1.82) is 0 Å². The SMILES string of the molecule is CC/C=C\C/C=C\C/C=C\C/C=C\C/C=C\CCCC(CC(=O)NC(CO)C(O)CCCCCCCCCCCCC)OC(=O)CCCCCCCCC/C=C/CCCCCCCC. The minimum absolute atomic E-state index is 0.0350. The molecule has 0 saturated heterocycles. The van der Waals surface area contributed by atoms with Crippen LogP contribution >= 0.6 is 0 Å². The molecule has 0 aromatic carbocycles. The van der Waals surface area contributed by atoms with E-state index < -0.39 is 18.2 Å². The zero-order valence-corrected chi connectivity index (χ0v) is 42.1. The number of aliphatic hydroxyl groups excluding tert-OH is 2. The molecule has 3 atom stereocenters. The summed E-state index contributed by atoms with van der Waals surface area (Å²) in [6.07, 6.45) is 65.4. The van der Waals surface area contributed by atoms with E-state index >= 15 is 0 Å². The predicted molar refractivity (Wildman–Crippen MR) is 278 cm³/mol. The number of rotatable bonds is 48. The highest BCUT2D eigenvalue weighted by atomic mass is 16.5. The number of ether oxygens (including phenoxy) is 1. The van der Waals surface area contributed by atoms with Gasteiger partial charge in [-0.05, 0) is 89.9 Å². The van der Waals surface area contributed by atoms with E-state index in [4.69, 9.17) is 4.74 Å². The Morgan fingerprint density at radius 2 is 0.859 bits per heavy atom. The molecule has 64 heavy (non-hydrogen) atoms. The first-order valence-electron chi connectivity index (χ1n) is 27.2. The minimum atomic E-state index is -0.805. The molecule has 0 radical (unpaired) electrons. The molecule has 3 unspecified atom stereocenters. The van der Waals surface area contributed by atoms with Crippen LogP contribution in [-0.2, 0) is 14.3 Å². The lowest BCUT2D eigenvalue weighted by Gasteiger charge is -2.24. The largest absolute Gasteiger partial charge is 0.462 e. The monoisotopic (exact) mass is 894 g/mol. The minimum Gasteiger partial charge on any atom is -0.462 e. The second kappa shape index (κ2) is 51.3. The van der Waals surface area contributed by atoms with E-state index in [-0.39, 0.29) is 24.9 Å². The molecule has 6 nitrogen and oxygen atoms in total.